The number of likely N-dealkylation sites (tertiary alicyclic amines) is 1. The van der Waals surface area contributed by atoms with Crippen LogP contribution in [0.3, 0.4) is 0 Å². The van der Waals surface area contributed by atoms with E-state index < -0.39 is 12.0 Å². The molecule has 0 bridgehead atoms. The number of carbonyl (C=O) groups is 1. The molecular formula is C21H26N2O2. The summed E-state index contributed by atoms with van der Waals surface area (Å²) in [4.78, 5) is 18.5. The van der Waals surface area contributed by atoms with E-state index in [1.807, 2.05) is 18.2 Å². The standard InChI is InChI=1S/C21H26N2O2/c1-15-9-10-18(16(2)13-15)20(14-17-7-3-5-11-22-17)23-12-6-4-8-19(23)21(24)25/h3,5,7,9-11,13,19-20H,4,6,8,12,14H2,1-2H3,(H,24,25). The zero-order valence-corrected chi connectivity index (χ0v) is 15.0. The summed E-state index contributed by atoms with van der Waals surface area (Å²) in [5.41, 5.74) is 4.66. The molecule has 1 saturated heterocycles. The van der Waals surface area contributed by atoms with E-state index in [1.165, 1.54) is 16.7 Å². The summed E-state index contributed by atoms with van der Waals surface area (Å²) >= 11 is 0. The Hall–Kier alpha value is -2.20. The maximum atomic E-state index is 11.8. The summed E-state index contributed by atoms with van der Waals surface area (Å²) < 4.78 is 0. The highest BCUT2D eigenvalue weighted by Crippen LogP contribution is 2.33. The van der Waals surface area contributed by atoms with E-state index in [1.54, 1.807) is 6.20 Å². The SMILES string of the molecule is Cc1ccc(C(Cc2ccccn2)N2CCCCC2C(=O)O)c(C)c1. The first-order valence-electron chi connectivity index (χ1n) is 9.02. The molecule has 25 heavy (non-hydrogen) atoms. The minimum absolute atomic E-state index is 0.0388. The summed E-state index contributed by atoms with van der Waals surface area (Å²) in [6.45, 7) is 5.03. The van der Waals surface area contributed by atoms with Gasteiger partial charge in [0.05, 0.1) is 0 Å². The molecule has 0 spiro atoms. The van der Waals surface area contributed by atoms with E-state index in [-0.39, 0.29) is 6.04 Å². The molecule has 1 aromatic carbocycles. The fraction of sp³-hybridized carbons (Fsp3) is 0.429. The third-order valence-corrected chi connectivity index (χ3v) is 5.14. The van der Waals surface area contributed by atoms with Gasteiger partial charge in [0, 0.05) is 24.4 Å². The molecule has 2 aromatic rings. The highest BCUT2D eigenvalue weighted by Gasteiger charge is 2.34. The Morgan fingerprint density at radius 2 is 2.12 bits per heavy atom. The molecule has 0 amide bonds. The molecule has 1 N–H and O–H groups in total. The minimum Gasteiger partial charge on any atom is -0.480 e. The number of pyridine rings is 1. The normalized spacial score (nSPS) is 19.5. The van der Waals surface area contributed by atoms with Crippen LogP contribution in [0.5, 0.6) is 0 Å². The number of aromatic nitrogens is 1. The van der Waals surface area contributed by atoms with Gasteiger partial charge in [0.15, 0.2) is 0 Å². The summed E-state index contributed by atoms with van der Waals surface area (Å²) in [6, 6.07) is 12.0. The Kier molecular flexibility index (Phi) is 5.49. The number of aryl methyl sites for hydroxylation is 2. The summed E-state index contributed by atoms with van der Waals surface area (Å²) in [5.74, 6) is -0.713. The Labute approximate surface area is 149 Å². The lowest BCUT2D eigenvalue weighted by Gasteiger charge is -2.40. The van der Waals surface area contributed by atoms with Gasteiger partial charge in [-0.1, -0.05) is 36.2 Å². The number of carboxylic acid groups (broad SMARTS) is 1. The van der Waals surface area contributed by atoms with E-state index >= 15 is 0 Å². The van der Waals surface area contributed by atoms with Gasteiger partial charge in [-0.25, -0.2) is 0 Å². The fourth-order valence-corrected chi connectivity index (χ4v) is 3.91. The van der Waals surface area contributed by atoms with Gasteiger partial charge in [0.25, 0.3) is 0 Å². The van der Waals surface area contributed by atoms with Crippen molar-refractivity contribution in [2.75, 3.05) is 6.54 Å². The van der Waals surface area contributed by atoms with Gasteiger partial charge >= 0.3 is 5.97 Å². The van der Waals surface area contributed by atoms with Crippen molar-refractivity contribution in [3.63, 3.8) is 0 Å². The Morgan fingerprint density at radius 1 is 1.28 bits per heavy atom. The Bertz CT molecular complexity index is 730. The second kappa shape index (κ2) is 7.79. The van der Waals surface area contributed by atoms with Crippen LogP contribution in [-0.2, 0) is 11.2 Å². The molecule has 0 aliphatic carbocycles. The molecule has 3 rings (SSSR count). The minimum atomic E-state index is -0.713. The molecule has 4 heteroatoms. The van der Waals surface area contributed by atoms with E-state index in [0.29, 0.717) is 0 Å². The number of rotatable bonds is 5. The van der Waals surface area contributed by atoms with Gasteiger partial charge in [-0.3, -0.25) is 14.7 Å². The summed E-state index contributed by atoms with van der Waals surface area (Å²) in [6.07, 6.45) is 5.29. The Morgan fingerprint density at radius 3 is 2.80 bits per heavy atom. The van der Waals surface area contributed by atoms with Gasteiger partial charge < -0.3 is 5.11 Å². The fourth-order valence-electron chi connectivity index (χ4n) is 3.91. The molecular weight excluding hydrogens is 312 g/mol. The van der Waals surface area contributed by atoms with Gasteiger partial charge in [0.2, 0.25) is 0 Å². The Balaban J connectivity index is 1.99. The third-order valence-electron chi connectivity index (χ3n) is 5.14. The van der Waals surface area contributed by atoms with Crippen molar-refractivity contribution in [1.82, 2.24) is 9.88 Å². The number of nitrogens with zero attached hydrogens (tertiary/aromatic N) is 2. The van der Waals surface area contributed by atoms with Gasteiger partial charge in [-0.15, -0.1) is 0 Å². The smallest absolute Gasteiger partial charge is 0.320 e. The molecule has 2 heterocycles. The summed E-state index contributed by atoms with van der Waals surface area (Å²) in [5, 5.41) is 9.73. The first kappa shape index (κ1) is 17.6. The second-order valence-electron chi connectivity index (χ2n) is 6.99. The summed E-state index contributed by atoms with van der Waals surface area (Å²) in [7, 11) is 0. The quantitative estimate of drug-likeness (QED) is 0.898. The van der Waals surface area contributed by atoms with Crippen LogP contribution in [0.25, 0.3) is 0 Å². The zero-order chi connectivity index (χ0) is 17.8. The van der Waals surface area contributed by atoms with Crippen LogP contribution in [0.4, 0.5) is 0 Å². The number of carboxylic acids is 1. The number of aliphatic carboxylic acids is 1. The maximum absolute atomic E-state index is 11.8. The van der Waals surface area contributed by atoms with Crippen LogP contribution in [0.2, 0.25) is 0 Å². The highest BCUT2D eigenvalue weighted by molar-refractivity contribution is 5.73. The first-order valence-corrected chi connectivity index (χ1v) is 9.02. The molecule has 0 saturated carbocycles. The van der Waals surface area contributed by atoms with Crippen molar-refractivity contribution >= 4 is 5.97 Å². The lowest BCUT2D eigenvalue weighted by Crippen LogP contribution is -2.47. The van der Waals surface area contributed by atoms with Gasteiger partial charge in [-0.2, -0.15) is 0 Å². The molecule has 1 aliphatic rings. The third kappa shape index (κ3) is 4.07. The number of benzene rings is 1. The molecule has 4 nitrogen and oxygen atoms in total. The van der Waals surface area contributed by atoms with Crippen LogP contribution in [0.1, 0.15) is 47.7 Å². The molecule has 132 valence electrons. The van der Waals surface area contributed by atoms with E-state index in [9.17, 15) is 9.90 Å². The van der Waals surface area contributed by atoms with Crippen molar-refractivity contribution in [3.8, 4) is 0 Å². The predicted molar refractivity (Wildman–Crippen MR) is 98.6 cm³/mol. The molecule has 0 radical (unpaired) electrons. The van der Waals surface area contributed by atoms with E-state index in [2.05, 4.69) is 41.9 Å². The van der Waals surface area contributed by atoms with Gasteiger partial charge in [0.1, 0.15) is 6.04 Å². The number of hydrogen-bond donors (Lipinski definition) is 1. The van der Waals surface area contributed by atoms with Crippen LogP contribution in [0, 0.1) is 13.8 Å². The van der Waals surface area contributed by atoms with Crippen LogP contribution in [0.15, 0.2) is 42.6 Å². The first-order chi connectivity index (χ1) is 12.1. The lowest BCUT2D eigenvalue weighted by molar-refractivity contribution is -0.146. The zero-order valence-electron chi connectivity index (χ0n) is 15.0. The topological polar surface area (TPSA) is 53.4 Å². The lowest BCUT2D eigenvalue weighted by atomic mass is 9.90. The van der Waals surface area contributed by atoms with Crippen molar-refractivity contribution < 1.29 is 9.90 Å². The van der Waals surface area contributed by atoms with Crippen molar-refractivity contribution in [3.05, 3.63) is 65.0 Å². The average molecular weight is 338 g/mol. The number of hydrogen-bond acceptors (Lipinski definition) is 3. The molecule has 1 fully saturated rings. The predicted octanol–water partition coefficient (Wildman–Crippen LogP) is 3.92. The molecule has 2 unspecified atom stereocenters. The van der Waals surface area contributed by atoms with Crippen molar-refractivity contribution in [2.24, 2.45) is 0 Å². The maximum Gasteiger partial charge on any atom is 0.320 e. The van der Waals surface area contributed by atoms with Crippen molar-refractivity contribution in [1.29, 1.82) is 0 Å². The van der Waals surface area contributed by atoms with Crippen LogP contribution in [-0.4, -0.2) is 33.5 Å². The van der Waals surface area contributed by atoms with Crippen LogP contribution >= 0.6 is 0 Å². The van der Waals surface area contributed by atoms with E-state index in [4.69, 9.17) is 0 Å². The average Bonchev–Trinajstić information content (AvgIpc) is 2.61. The largest absolute Gasteiger partial charge is 0.480 e. The van der Waals surface area contributed by atoms with Crippen molar-refractivity contribution in [2.45, 2.75) is 51.6 Å². The monoisotopic (exact) mass is 338 g/mol. The van der Waals surface area contributed by atoms with Gasteiger partial charge in [-0.05, 0) is 56.5 Å². The second-order valence-corrected chi connectivity index (χ2v) is 6.99. The molecule has 1 aromatic heterocycles. The number of piperidine rings is 1. The molecule has 1 aliphatic heterocycles. The van der Waals surface area contributed by atoms with Crippen LogP contribution < -0.4 is 0 Å². The highest BCUT2D eigenvalue weighted by atomic mass is 16.4. The van der Waals surface area contributed by atoms with E-state index in [0.717, 1.165) is 37.9 Å². The molecule has 2 atom stereocenters.